The van der Waals surface area contributed by atoms with E-state index in [2.05, 4.69) is 10.3 Å². The minimum Gasteiger partial charge on any atom is -0.507 e. The zero-order valence-corrected chi connectivity index (χ0v) is 14.4. The van der Waals surface area contributed by atoms with Crippen LogP contribution in [0.25, 0.3) is 11.3 Å². The van der Waals surface area contributed by atoms with Crippen LogP contribution >= 0.6 is 11.3 Å². The summed E-state index contributed by atoms with van der Waals surface area (Å²) in [7, 11) is 0. The Morgan fingerprint density at radius 3 is 2.77 bits per heavy atom. The van der Waals surface area contributed by atoms with E-state index in [1.165, 1.54) is 23.5 Å². The average Bonchev–Trinajstić information content (AvgIpc) is 3.10. The summed E-state index contributed by atoms with van der Waals surface area (Å²) < 4.78 is 11.1. The quantitative estimate of drug-likeness (QED) is 0.652. The van der Waals surface area contributed by atoms with Crippen LogP contribution in [-0.4, -0.2) is 29.2 Å². The van der Waals surface area contributed by atoms with Gasteiger partial charge in [0, 0.05) is 22.7 Å². The molecular weight excluding hydrogens is 354 g/mol. The Hall–Kier alpha value is -3.26. The number of amides is 1. The smallest absolute Gasteiger partial charge is 0.252 e. The summed E-state index contributed by atoms with van der Waals surface area (Å²) in [5.74, 6) is 0.590. The Morgan fingerprint density at radius 2 is 1.96 bits per heavy atom. The summed E-state index contributed by atoms with van der Waals surface area (Å²) in [5.41, 5.74) is 7.55. The number of benzene rings is 2. The first-order valence-electron chi connectivity index (χ1n) is 7.85. The third kappa shape index (κ3) is 3.14. The molecule has 0 saturated carbocycles. The number of carbonyl (C=O) groups is 1. The van der Waals surface area contributed by atoms with Gasteiger partial charge in [0.15, 0.2) is 16.6 Å². The summed E-state index contributed by atoms with van der Waals surface area (Å²) in [6.07, 6.45) is 0. The topological polar surface area (TPSA) is 107 Å². The van der Waals surface area contributed by atoms with E-state index in [-0.39, 0.29) is 11.3 Å². The van der Waals surface area contributed by atoms with Crippen molar-refractivity contribution < 1.29 is 19.4 Å². The van der Waals surface area contributed by atoms with Gasteiger partial charge in [-0.05, 0) is 30.3 Å². The highest BCUT2D eigenvalue weighted by Crippen LogP contribution is 2.35. The van der Waals surface area contributed by atoms with Gasteiger partial charge in [-0.2, -0.15) is 0 Å². The highest BCUT2D eigenvalue weighted by molar-refractivity contribution is 7.14. The lowest BCUT2D eigenvalue weighted by Crippen LogP contribution is -2.15. The molecule has 3 aromatic rings. The van der Waals surface area contributed by atoms with Crippen LogP contribution in [0.15, 0.2) is 41.8 Å². The van der Waals surface area contributed by atoms with Crippen molar-refractivity contribution in [1.82, 2.24) is 4.98 Å². The standard InChI is InChI=1S/C18H15N3O4S/c19-17(23)12-7-10(1-3-14(12)22)13-9-26-18(21-13)20-11-2-4-15-16(8-11)25-6-5-24-15/h1-4,7-9,22H,5-6H2,(H2,19,23)(H,20,21). The van der Waals surface area contributed by atoms with Gasteiger partial charge < -0.3 is 25.6 Å². The van der Waals surface area contributed by atoms with Gasteiger partial charge in [0.1, 0.15) is 19.0 Å². The second kappa shape index (κ2) is 6.57. The van der Waals surface area contributed by atoms with Crippen LogP contribution in [0.5, 0.6) is 17.2 Å². The Labute approximate surface area is 153 Å². The van der Waals surface area contributed by atoms with Gasteiger partial charge in [-0.3, -0.25) is 4.79 Å². The lowest BCUT2D eigenvalue weighted by molar-refractivity contribution is 0.0998. The number of nitrogens with zero attached hydrogens (tertiary/aromatic N) is 1. The molecule has 2 aromatic carbocycles. The van der Waals surface area contributed by atoms with E-state index in [1.807, 2.05) is 23.6 Å². The maximum atomic E-state index is 11.4. The van der Waals surface area contributed by atoms with E-state index in [9.17, 15) is 9.90 Å². The van der Waals surface area contributed by atoms with Crippen molar-refractivity contribution in [3.63, 3.8) is 0 Å². The summed E-state index contributed by atoms with van der Waals surface area (Å²) in [5, 5.41) is 15.5. The molecule has 132 valence electrons. The van der Waals surface area contributed by atoms with Gasteiger partial charge in [0.2, 0.25) is 0 Å². The number of thiazole rings is 1. The number of anilines is 2. The molecular formula is C18H15N3O4S. The van der Waals surface area contributed by atoms with Crippen molar-refractivity contribution in [2.75, 3.05) is 18.5 Å². The molecule has 4 N–H and O–H groups in total. The predicted octanol–water partition coefficient (Wildman–Crippen LogP) is 3.13. The number of hydrogen-bond acceptors (Lipinski definition) is 7. The van der Waals surface area contributed by atoms with Crippen LogP contribution in [0.3, 0.4) is 0 Å². The molecule has 0 bridgehead atoms. The highest BCUT2D eigenvalue weighted by atomic mass is 32.1. The molecule has 0 unspecified atom stereocenters. The number of hydrogen-bond donors (Lipinski definition) is 3. The SMILES string of the molecule is NC(=O)c1cc(-c2csc(Nc3ccc4c(c3)OCCO4)n2)ccc1O. The van der Waals surface area contributed by atoms with Crippen LogP contribution in [0, 0.1) is 0 Å². The van der Waals surface area contributed by atoms with E-state index in [4.69, 9.17) is 15.2 Å². The minimum atomic E-state index is -0.686. The molecule has 4 rings (SSSR count). The average molecular weight is 369 g/mol. The second-order valence-electron chi connectivity index (χ2n) is 5.62. The minimum absolute atomic E-state index is 0.0665. The van der Waals surface area contributed by atoms with Gasteiger partial charge in [-0.1, -0.05) is 0 Å². The summed E-state index contributed by atoms with van der Waals surface area (Å²) in [6.45, 7) is 1.08. The van der Waals surface area contributed by atoms with E-state index in [0.29, 0.717) is 35.4 Å². The number of phenols is 1. The highest BCUT2D eigenvalue weighted by Gasteiger charge is 2.14. The maximum absolute atomic E-state index is 11.4. The first-order chi connectivity index (χ1) is 12.6. The molecule has 8 heteroatoms. The fourth-order valence-corrected chi connectivity index (χ4v) is 3.34. The molecule has 26 heavy (non-hydrogen) atoms. The molecule has 0 aliphatic carbocycles. The predicted molar refractivity (Wildman–Crippen MR) is 98.4 cm³/mol. The van der Waals surface area contributed by atoms with Gasteiger partial charge in [-0.15, -0.1) is 11.3 Å². The molecule has 0 spiro atoms. The Balaban J connectivity index is 1.57. The fraction of sp³-hybridized carbons (Fsp3) is 0.111. The van der Waals surface area contributed by atoms with Crippen LogP contribution in [-0.2, 0) is 0 Å². The largest absolute Gasteiger partial charge is 0.507 e. The molecule has 1 aliphatic rings. The molecule has 0 saturated heterocycles. The molecule has 1 aliphatic heterocycles. The van der Waals surface area contributed by atoms with Crippen molar-refractivity contribution in [2.45, 2.75) is 0 Å². The lowest BCUT2D eigenvalue weighted by Gasteiger charge is -2.18. The number of nitrogens with two attached hydrogens (primary N) is 1. The fourth-order valence-electron chi connectivity index (χ4n) is 2.60. The van der Waals surface area contributed by atoms with Crippen molar-refractivity contribution in [3.8, 4) is 28.5 Å². The molecule has 2 heterocycles. The van der Waals surface area contributed by atoms with E-state index < -0.39 is 5.91 Å². The number of aromatic hydroxyl groups is 1. The molecule has 0 fully saturated rings. The zero-order chi connectivity index (χ0) is 18.1. The third-order valence-corrected chi connectivity index (χ3v) is 4.61. The normalized spacial score (nSPS) is 12.6. The lowest BCUT2D eigenvalue weighted by atomic mass is 10.1. The van der Waals surface area contributed by atoms with Crippen LogP contribution in [0.1, 0.15) is 10.4 Å². The van der Waals surface area contributed by atoms with E-state index in [0.717, 1.165) is 11.4 Å². The number of nitrogens with one attached hydrogen (secondary N) is 1. The third-order valence-electron chi connectivity index (χ3n) is 3.86. The summed E-state index contributed by atoms with van der Waals surface area (Å²) >= 11 is 1.42. The number of primary amides is 1. The van der Waals surface area contributed by atoms with Crippen molar-refractivity contribution in [2.24, 2.45) is 5.73 Å². The van der Waals surface area contributed by atoms with Gasteiger partial charge in [-0.25, -0.2) is 4.98 Å². The van der Waals surface area contributed by atoms with Crippen molar-refractivity contribution in [3.05, 3.63) is 47.3 Å². The monoisotopic (exact) mass is 369 g/mol. The van der Waals surface area contributed by atoms with Gasteiger partial charge in [0.05, 0.1) is 11.3 Å². The molecule has 0 atom stereocenters. The first kappa shape index (κ1) is 16.2. The molecule has 1 amide bonds. The summed E-state index contributed by atoms with van der Waals surface area (Å²) in [4.78, 5) is 15.9. The molecule has 0 radical (unpaired) electrons. The summed E-state index contributed by atoms with van der Waals surface area (Å²) in [6, 6.07) is 10.3. The van der Waals surface area contributed by atoms with Crippen LogP contribution in [0.4, 0.5) is 10.8 Å². The Bertz CT molecular complexity index is 986. The number of fused-ring (bicyclic) bond motifs is 1. The molecule has 1 aromatic heterocycles. The van der Waals surface area contributed by atoms with E-state index in [1.54, 1.807) is 6.07 Å². The van der Waals surface area contributed by atoms with Crippen LogP contribution in [0.2, 0.25) is 0 Å². The van der Waals surface area contributed by atoms with Crippen molar-refractivity contribution >= 4 is 28.1 Å². The second-order valence-corrected chi connectivity index (χ2v) is 6.48. The Morgan fingerprint density at radius 1 is 1.15 bits per heavy atom. The van der Waals surface area contributed by atoms with Gasteiger partial charge >= 0.3 is 0 Å². The zero-order valence-electron chi connectivity index (χ0n) is 13.6. The maximum Gasteiger partial charge on any atom is 0.252 e. The number of rotatable bonds is 4. The van der Waals surface area contributed by atoms with Gasteiger partial charge in [0.25, 0.3) is 5.91 Å². The number of carbonyl (C=O) groups excluding carboxylic acids is 1. The first-order valence-corrected chi connectivity index (χ1v) is 8.73. The van der Waals surface area contributed by atoms with Crippen molar-refractivity contribution in [1.29, 1.82) is 0 Å². The Kier molecular flexibility index (Phi) is 4.10. The molecule has 7 nitrogen and oxygen atoms in total. The number of ether oxygens (including phenoxy) is 2. The van der Waals surface area contributed by atoms with E-state index >= 15 is 0 Å². The number of aromatic nitrogens is 1. The van der Waals surface area contributed by atoms with Crippen LogP contribution < -0.4 is 20.5 Å².